The maximum Gasteiger partial charge on any atom is 0.270 e. The third-order valence-electron chi connectivity index (χ3n) is 5.06. The van der Waals surface area contributed by atoms with E-state index < -0.39 is 0 Å². The number of benzene rings is 1. The fourth-order valence-electron chi connectivity index (χ4n) is 3.54. The Balaban J connectivity index is 1.50. The van der Waals surface area contributed by atoms with Crippen molar-refractivity contribution in [2.45, 2.75) is 13.0 Å². The molecular weight excluding hydrogens is 320 g/mol. The summed E-state index contributed by atoms with van der Waals surface area (Å²) in [7, 11) is 0. The van der Waals surface area contributed by atoms with Crippen LogP contribution in [0.5, 0.6) is 5.75 Å². The number of amides is 2. The number of carbonyl (C=O) groups is 2. The zero-order chi connectivity index (χ0) is 17.0. The first-order valence-corrected chi connectivity index (χ1v) is 8.54. The molecule has 4 heterocycles. The molecule has 5 rings (SSSR count). The number of nitrogens with one attached hydrogen (secondary N) is 2. The van der Waals surface area contributed by atoms with E-state index in [1.165, 1.54) is 0 Å². The molecule has 3 aliphatic rings. The standard InChI is InChI=1S/C18H18N4O3/c23-17-13-3-2-12(8-11(13)10-19-17)22-6-7-25-15-9-14(20-16(15)22)18(24)21-4-1-5-21/h2-3,8-9,20H,1,4-7,10H2,(H,19,23). The van der Waals surface area contributed by atoms with Crippen LogP contribution >= 0.6 is 0 Å². The lowest BCUT2D eigenvalue weighted by Crippen LogP contribution is -2.42. The third kappa shape index (κ3) is 2.19. The lowest BCUT2D eigenvalue weighted by molar-refractivity contribution is 0.0646. The van der Waals surface area contributed by atoms with Crippen molar-refractivity contribution in [2.75, 3.05) is 31.1 Å². The monoisotopic (exact) mass is 338 g/mol. The average Bonchev–Trinajstić information content (AvgIpc) is 3.16. The Morgan fingerprint density at radius 3 is 2.84 bits per heavy atom. The molecule has 0 unspecified atom stereocenters. The first-order valence-electron chi connectivity index (χ1n) is 8.54. The minimum absolute atomic E-state index is 0.0213. The molecule has 0 radical (unpaired) electrons. The lowest BCUT2D eigenvalue weighted by atomic mass is 10.1. The van der Waals surface area contributed by atoms with E-state index in [9.17, 15) is 9.59 Å². The van der Waals surface area contributed by atoms with Crippen molar-refractivity contribution in [3.63, 3.8) is 0 Å². The van der Waals surface area contributed by atoms with Gasteiger partial charge in [0.05, 0.1) is 6.54 Å². The zero-order valence-electron chi connectivity index (χ0n) is 13.7. The Morgan fingerprint density at radius 2 is 2.04 bits per heavy atom. The van der Waals surface area contributed by atoms with E-state index >= 15 is 0 Å². The van der Waals surface area contributed by atoms with Gasteiger partial charge in [-0.3, -0.25) is 9.59 Å². The molecule has 0 saturated carbocycles. The fourth-order valence-corrected chi connectivity index (χ4v) is 3.54. The number of nitrogens with zero attached hydrogens (tertiary/aromatic N) is 2. The second-order valence-corrected chi connectivity index (χ2v) is 6.57. The molecule has 0 atom stereocenters. The first-order chi connectivity index (χ1) is 12.2. The number of carbonyl (C=O) groups excluding carboxylic acids is 2. The largest absolute Gasteiger partial charge is 0.488 e. The highest BCUT2D eigenvalue weighted by atomic mass is 16.5. The van der Waals surface area contributed by atoms with Gasteiger partial charge in [0.15, 0.2) is 11.6 Å². The van der Waals surface area contributed by atoms with Gasteiger partial charge in [-0.2, -0.15) is 0 Å². The molecular formula is C18H18N4O3. The van der Waals surface area contributed by atoms with Gasteiger partial charge in [0, 0.05) is 37.0 Å². The molecule has 7 nitrogen and oxygen atoms in total. The number of ether oxygens (including phenoxy) is 1. The summed E-state index contributed by atoms with van der Waals surface area (Å²) in [6, 6.07) is 7.62. The molecule has 2 aromatic rings. The highest BCUT2D eigenvalue weighted by Gasteiger charge is 2.29. The molecule has 7 heteroatoms. The Morgan fingerprint density at radius 1 is 1.16 bits per heavy atom. The number of aromatic nitrogens is 1. The maximum absolute atomic E-state index is 12.5. The van der Waals surface area contributed by atoms with Crippen LogP contribution in [0.15, 0.2) is 24.3 Å². The van der Waals surface area contributed by atoms with E-state index in [4.69, 9.17) is 4.74 Å². The van der Waals surface area contributed by atoms with Crippen LogP contribution < -0.4 is 15.0 Å². The van der Waals surface area contributed by atoms with Crippen LogP contribution in [0.1, 0.15) is 32.8 Å². The van der Waals surface area contributed by atoms with Crippen molar-refractivity contribution in [1.82, 2.24) is 15.2 Å². The van der Waals surface area contributed by atoms with E-state index in [-0.39, 0.29) is 11.8 Å². The minimum Gasteiger partial charge on any atom is -0.488 e. The van der Waals surface area contributed by atoms with Crippen LogP contribution in [0.3, 0.4) is 0 Å². The van der Waals surface area contributed by atoms with E-state index in [0.717, 1.165) is 42.1 Å². The van der Waals surface area contributed by atoms with Crippen LogP contribution in [0.2, 0.25) is 0 Å². The summed E-state index contributed by atoms with van der Waals surface area (Å²) in [4.78, 5) is 31.4. The maximum atomic E-state index is 12.5. The van der Waals surface area contributed by atoms with E-state index in [2.05, 4.69) is 15.2 Å². The highest BCUT2D eigenvalue weighted by Crippen LogP contribution is 2.38. The Kier molecular flexibility index (Phi) is 3.03. The number of rotatable bonds is 2. The predicted molar refractivity (Wildman–Crippen MR) is 91.4 cm³/mol. The lowest BCUT2D eigenvalue weighted by Gasteiger charge is -2.30. The SMILES string of the molecule is O=C1NCc2cc(N3CCOc4cc(C(=O)N5CCC5)[nH]c43)ccc21. The molecule has 0 aliphatic carbocycles. The van der Waals surface area contributed by atoms with Crippen molar-refractivity contribution in [1.29, 1.82) is 0 Å². The van der Waals surface area contributed by atoms with Gasteiger partial charge in [-0.1, -0.05) is 0 Å². The van der Waals surface area contributed by atoms with Crippen molar-refractivity contribution in [3.05, 3.63) is 41.1 Å². The molecule has 1 saturated heterocycles. The molecule has 0 spiro atoms. The molecule has 3 aliphatic heterocycles. The van der Waals surface area contributed by atoms with Gasteiger partial charge in [0.2, 0.25) is 0 Å². The summed E-state index contributed by atoms with van der Waals surface area (Å²) in [5, 5.41) is 2.84. The quantitative estimate of drug-likeness (QED) is 0.873. The van der Waals surface area contributed by atoms with Gasteiger partial charge in [-0.05, 0) is 30.2 Å². The Labute approximate surface area is 144 Å². The van der Waals surface area contributed by atoms with Gasteiger partial charge in [0.25, 0.3) is 11.8 Å². The number of aromatic amines is 1. The van der Waals surface area contributed by atoms with Gasteiger partial charge in [-0.15, -0.1) is 0 Å². The summed E-state index contributed by atoms with van der Waals surface area (Å²) in [6.07, 6.45) is 1.07. The molecule has 2 amide bonds. The number of hydrogen-bond acceptors (Lipinski definition) is 4. The van der Waals surface area contributed by atoms with Crippen molar-refractivity contribution in [3.8, 4) is 5.75 Å². The molecule has 2 N–H and O–H groups in total. The smallest absolute Gasteiger partial charge is 0.270 e. The van der Waals surface area contributed by atoms with Gasteiger partial charge < -0.3 is 24.8 Å². The third-order valence-corrected chi connectivity index (χ3v) is 5.06. The predicted octanol–water partition coefficient (Wildman–Crippen LogP) is 1.63. The average molecular weight is 338 g/mol. The molecule has 25 heavy (non-hydrogen) atoms. The fraction of sp³-hybridized carbons (Fsp3) is 0.333. The van der Waals surface area contributed by atoms with E-state index in [1.54, 1.807) is 6.07 Å². The topological polar surface area (TPSA) is 77.7 Å². The van der Waals surface area contributed by atoms with Crippen LogP contribution in [-0.2, 0) is 6.54 Å². The zero-order valence-corrected chi connectivity index (χ0v) is 13.7. The first kappa shape index (κ1) is 14.4. The van der Waals surface area contributed by atoms with E-state index in [1.807, 2.05) is 23.1 Å². The Hall–Kier alpha value is -2.96. The second-order valence-electron chi connectivity index (χ2n) is 6.57. The normalized spacial score (nSPS) is 18.2. The summed E-state index contributed by atoms with van der Waals surface area (Å²) in [5.74, 6) is 1.50. The van der Waals surface area contributed by atoms with Gasteiger partial charge in [0.1, 0.15) is 12.3 Å². The highest BCUT2D eigenvalue weighted by molar-refractivity contribution is 5.99. The van der Waals surface area contributed by atoms with Crippen LogP contribution in [0.25, 0.3) is 0 Å². The molecule has 128 valence electrons. The molecule has 1 fully saturated rings. The van der Waals surface area contributed by atoms with Crippen molar-refractivity contribution in [2.24, 2.45) is 0 Å². The summed E-state index contributed by atoms with van der Waals surface area (Å²) < 4.78 is 5.74. The van der Waals surface area contributed by atoms with Crippen LogP contribution in [-0.4, -0.2) is 47.9 Å². The number of fused-ring (bicyclic) bond motifs is 2. The molecule has 1 aromatic heterocycles. The van der Waals surface area contributed by atoms with Crippen molar-refractivity contribution < 1.29 is 14.3 Å². The summed E-state index contributed by atoms with van der Waals surface area (Å²) in [6.45, 7) is 3.43. The van der Waals surface area contributed by atoms with E-state index in [0.29, 0.717) is 31.1 Å². The minimum atomic E-state index is -0.0217. The number of likely N-dealkylation sites (tertiary alicyclic amines) is 1. The number of hydrogen-bond donors (Lipinski definition) is 2. The Bertz CT molecular complexity index is 884. The summed E-state index contributed by atoms with van der Waals surface area (Å²) in [5.41, 5.74) is 3.29. The van der Waals surface area contributed by atoms with Crippen LogP contribution in [0, 0.1) is 0 Å². The van der Waals surface area contributed by atoms with Crippen LogP contribution in [0.4, 0.5) is 11.5 Å². The number of anilines is 2. The van der Waals surface area contributed by atoms with Crippen molar-refractivity contribution >= 4 is 23.3 Å². The van der Waals surface area contributed by atoms with Gasteiger partial charge in [-0.25, -0.2) is 0 Å². The summed E-state index contributed by atoms with van der Waals surface area (Å²) >= 11 is 0. The molecule has 1 aromatic carbocycles. The van der Waals surface area contributed by atoms with Gasteiger partial charge >= 0.3 is 0 Å². The second kappa shape index (κ2) is 5.27. The number of H-pyrrole nitrogens is 1. The molecule has 0 bridgehead atoms.